The molecule has 0 radical (unpaired) electrons. The van der Waals surface area contributed by atoms with E-state index in [-0.39, 0.29) is 0 Å². The van der Waals surface area contributed by atoms with Crippen molar-refractivity contribution in [1.82, 2.24) is 15.2 Å². The van der Waals surface area contributed by atoms with E-state index in [1.54, 1.807) is 38.3 Å². The third-order valence-electron chi connectivity index (χ3n) is 16.4. The first kappa shape index (κ1) is 62.0. The van der Waals surface area contributed by atoms with Crippen LogP contribution in [0.5, 0.6) is 23.0 Å². The lowest BCUT2D eigenvalue weighted by atomic mass is 9.92. The number of rotatable bonds is 0. The van der Waals surface area contributed by atoms with Crippen LogP contribution in [0, 0.1) is 0 Å². The number of H-pyrrole nitrogens is 2. The van der Waals surface area contributed by atoms with Crippen LogP contribution in [0.4, 0.5) is 0 Å². The normalized spacial score (nSPS) is 16.2. The molecule has 9 nitrogen and oxygen atoms in total. The van der Waals surface area contributed by atoms with Crippen LogP contribution in [-0.4, -0.2) is 60.6 Å². The van der Waals surface area contributed by atoms with E-state index in [0.29, 0.717) is 13.2 Å². The lowest BCUT2D eigenvalue weighted by Crippen LogP contribution is -2.14. The number of nitrogens with one attached hydrogen (secondary N) is 2. The first-order valence-corrected chi connectivity index (χ1v) is 33.5. The lowest BCUT2D eigenvalue weighted by Gasteiger charge is -2.17. The maximum absolute atomic E-state index is 5.42. The zero-order valence-corrected chi connectivity index (χ0v) is 51.9. The van der Waals surface area contributed by atoms with Gasteiger partial charge in [0.05, 0.1) is 45.8 Å². The third kappa shape index (κ3) is 19.5. The highest BCUT2D eigenvalue weighted by atomic mass is 32.2. The molecule has 9 aliphatic rings. The molecule has 0 atom stereocenters. The van der Waals surface area contributed by atoms with Crippen LogP contribution in [0.3, 0.4) is 0 Å². The van der Waals surface area contributed by atoms with Gasteiger partial charge in [-0.05, 0) is 213 Å². The second kappa shape index (κ2) is 35.0. The quantitative estimate of drug-likeness (QED) is 0.155. The fourth-order valence-corrected chi connectivity index (χ4v) is 13.7. The van der Waals surface area contributed by atoms with E-state index in [9.17, 15) is 0 Å². The van der Waals surface area contributed by atoms with E-state index >= 15 is 0 Å². The van der Waals surface area contributed by atoms with Crippen LogP contribution in [0.1, 0.15) is 123 Å². The Balaban J connectivity index is 0.000000107. The van der Waals surface area contributed by atoms with Crippen molar-refractivity contribution in [2.45, 2.75) is 140 Å². The molecule has 0 saturated heterocycles. The first-order valence-electron chi connectivity index (χ1n) is 31.7. The molecule has 2 N–H and O–H groups in total. The van der Waals surface area contributed by atoms with Gasteiger partial charge in [0, 0.05) is 45.8 Å². The summed E-state index contributed by atoms with van der Waals surface area (Å²) >= 11 is 3.91. The van der Waals surface area contributed by atoms with E-state index in [1.807, 2.05) is 84.0 Å². The number of thioether (sulfide) groups is 1. The topological polar surface area (TPSA) is 99.9 Å². The van der Waals surface area contributed by atoms with E-state index in [1.165, 1.54) is 141 Å². The average Bonchev–Trinajstić information content (AvgIpc) is 4.57. The smallest absolute Gasteiger partial charge is 0.161 e. The van der Waals surface area contributed by atoms with Crippen molar-refractivity contribution >= 4 is 23.1 Å². The second-order valence-corrected chi connectivity index (χ2v) is 24.6. The summed E-state index contributed by atoms with van der Waals surface area (Å²) in [5, 5.41) is 9.04. The van der Waals surface area contributed by atoms with Crippen molar-refractivity contribution in [1.29, 1.82) is 0 Å². The van der Waals surface area contributed by atoms with Gasteiger partial charge in [-0.3, -0.25) is 5.10 Å². The lowest BCUT2D eigenvalue weighted by molar-refractivity contribution is 0.110. The van der Waals surface area contributed by atoms with Gasteiger partial charge in [-0.1, -0.05) is 115 Å². The maximum atomic E-state index is 5.42. The van der Waals surface area contributed by atoms with Gasteiger partial charge in [0.1, 0.15) is 24.7 Å². The highest BCUT2D eigenvalue weighted by molar-refractivity contribution is 7.99. The minimum absolute atomic E-state index is 0.664. The summed E-state index contributed by atoms with van der Waals surface area (Å²) in [7, 11) is 0. The molecular weight excluding hydrogens is 1100 g/mol. The molecule has 0 unspecified atom stereocenters. The summed E-state index contributed by atoms with van der Waals surface area (Å²) in [5.41, 5.74) is 17.3. The number of ether oxygens (including phenoxy) is 6. The number of aryl methyl sites for hydroxylation is 9. The Hall–Kier alpha value is -7.02. The Bertz CT molecular complexity index is 2780. The average molecular weight is 1190 g/mol. The molecule has 9 aromatic rings. The molecule has 0 spiro atoms. The molecular formula is C75H87N3O6S2. The fourth-order valence-electron chi connectivity index (χ4n) is 11.7. The summed E-state index contributed by atoms with van der Waals surface area (Å²) in [5.74, 6) is 5.17. The molecule has 0 saturated carbocycles. The van der Waals surface area contributed by atoms with E-state index < -0.39 is 0 Å². The highest BCUT2D eigenvalue weighted by Gasteiger charge is 2.14. The van der Waals surface area contributed by atoms with E-state index in [0.717, 1.165) is 88.3 Å². The molecule has 0 bridgehead atoms. The van der Waals surface area contributed by atoms with Crippen LogP contribution in [0.2, 0.25) is 0 Å². The SMILES string of the molecule is c1cc2c([nH]1)CCOC2.c1cc2c(s1)CCCC2.c1ccc2c(c1)CCC2.c1ccc2c(c1)CCCC2.c1ccc2c(c1)CCCO2.c1ccc2c(c1)CCCO2.c1ccc2c(c1)CCCS2.c1ccc2c(c1)OCCO2.c1n[nH]c2c1COCC2. The van der Waals surface area contributed by atoms with Crippen molar-refractivity contribution in [2.75, 3.05) is 45.4 Å². The number of aromatic amines is 2. The van der Waals surface area contributed by atoms with Crippen molar-refractivity contribution < 1.29 is 28.4 Å². The van der Waals surface area contributed by atoms with Gasteiger partial charge < -0.3 is 33.4 Å². The number of fused-ring (bicyclic) bond motifs is 9. The number of para-hydroxylation sites is 4. The van der Waals surface area contributed by atoms with Crippen LogP contribution in [-0.2, 0) is 93.3 Å². The summed E-state index contributed by atoms with van der Waals surface area (Å²) in [6, 6.07) is 54.8. The summed E-state index contributed by atoms with van der Waals surface area (Å²) in [6.45, 7) is 6.31. The summed E-state index contributed by atoms with van der Waals surface area (Å²) < 4.78 is 31.9. The predicted octanol–water partition coefficient (Wildman–Crippen LogP) is 17.1. The van der Waals surface area contributed by atoms with Gasteiger partial charge in [-0.2, -0.15) is 5.10 Å². The largest absolute Gasteiger partial charge is 0.493 e. The Kier molecular flexibility index (Phi) is 25.2. The molecule has 9 heterocycles. The molecule has 11 heteroatoms. The maximum Gasteiger partial charge on any atom is 0.161 e. The number of nitrogens with zero attached hydrogens (tertiary/aromatic N) is 1. The predicted molar refractivity (Wildman–Crippen MR) is 352 cm³/mol. The minimum Gasteiger partial charge on any atom is -0.493 e. The molecule has 0 fully saturated rings. The van der Waals surface area contributed by atoms with Gasteiger partial charge in [-0.25, -0.2) is 0 Å². The Labute approximate surface area is 519 Å². The van der Waals surface area contributed by atoms with Crippen molar-refractivity contribution in [3.8, 4) is 23.0 Å². The van der Waals surface area contributed by atoms with Crippen LogP contribution in [0.15, 0.2) is 180 Å². The van der Waals surface area contributed by atoms with E-state index in [4.69, 9.17) is 28.4 Å². The van der Waals surface area contributed by atoms with Gasteiger partial charge in [0.15, 0.2) is 11.5 Å². The van der Waals surface area contributed by atoms with Crippen molar-refractivity contribution in [3.05, 3.63) is 247 Å². The molecule has 86 heavy (non-hydrogen) atoms. The molecule has 0 amide bonds. The zero-order chi connectivity index (χ0) is 58.5. The second-order valence-electron chi connectivity index (χ2n) is 22.5. The van der Waals surface area contributed by atoms with Gasteiger partial charge in [0.25, 0.3) is 0 Å². The fraction of sp³-hybridized carbons (Fsp3) is 0.373. The number of aromatic nitrogens is 3. The Morgan fingerprint density at radius 2 is 0.802 bits per heavy atom. The Morgan fingerprint density at radius 1 is 0.337 bits per heavy atom. The molecule has 6 aromatic carbocycles. The van der Waals surface area contributed by atoms with E-state index in [2.05, 4.69) is 130 Å². The Morgan fingerprint density at radius 3 is 1.36 bits per heavy atom. The summed E-state index contributed by atoms with van der Waals surface area (Å²) in [4.78, 5) is 6.31. The molecule has 6 aliphatic heterocycles. The molecule has 18 rings (SSSR count). The molecule has 450 valence electrons. The first-order chi connectivity index (χ1) is 42.7. The number of hydrogen-bond acceptors (Lipinski definition) is 9. The van der Waals surface area contributed by atoms with Crippen LogP contribution in [0.25, 0.3) is 0 Å². The van der Waals surface area contributed by atoms with Crippen molar-refractivity contribution in [2.24, 2.45) is 0 Å². The van der Waals surface area contributed by atoms with Crippen LogP contribution < -0.4 is 18.9 Å². The van der Waals surface area contributed by atoms with Gasteiger partial charge >= 0.3 is 0 Å². The molecule has 3 aliphatic carbocycles. The molecule has 3 aromatic heterocycles. The number of hydrogen-bond donors (Lipinski definition) is 2. The highest BCUT2D eigenvalue weighted by Crippen LogP contribution is 2.31. The van der Waals surface area contributed by atoms with Gasteiger partial charge in [-0.15, -0.1) is 23.1 Å². The number of benzene rings is 6. The van der Waals surface area contributed by atoms with Crippen LogP contribution >= 0.6 is 23.1 Å². The van der Waals surface area contributed by atoms with Gasteiger partial charge in [0.2, 0.25) is 0 Å². The number of thiophene rings is 1. The monoisotopic (exact) mass is 1190 g/mol. The van der Waals surface area contributed by atoms with Crippen molar-refractivity contribution in [3.63, 3.8) is 0 Å². The zero-order valence-electron chi connectivity index (χ0n) is 50.3. The summed E-state index contributed by atoms with van der Waals surface area (Å²) in [6.07, 6.45) is 28.0. The third-order valence-corrected chi connectivity index (χ3v) is 18.6. The standard InChI is InChI=1S/C10H12.2C9H10O.C9H10S.C9H10.C8H8O2.C8H10S.C7H9NO.C6H8N2O/c1-2-6-10-8-4-3-7-9(10)5-1;3*1-2-6-9-8(4-1)5-3-7-10-9;1-2-5-9-7-3-6-8(9)4-1;1-2-4-8-7(3-1)9-5-6-10-8;1-2-4-8-7(3-1)5-6-9-8;1-3-8-7-2-4-9-5-6(1)7;1-2-9-4-5-3-7-8-6(1)5/h1-2,5-6H,3-4,7-8H2;3*1-2,4,6H,3,5,7H2;1-2,4-5H,3,6-7H2;1-4H,5-6H2;5-6H,1-4H2;1,3,8H,2,4-5H2;3H,1-2,4H2,(H,7,8). The minimum atomic E-state index is 0.664.